The zero-order valence-corrected chi connectivity index (χ0v) is 11.7. The van der Waals surface area contributed by atoms with Crippen LogP contribution in [0, 0.1) is 5.92 Å². The average molecular weight is 279 g/mol. The van der Waals surface area contributed by atoms with Gasteiger partial charge in [0, 0.05) is 12.1 Å². The molecule has 20 heavy (non-hydrogen) atoms. The van der Waals surface area contributed by atoms with Gasteiger partial charge in [-0.15, -0.1) is 0 Å². The summed E-state index contributed by atoms with van der Waals surface area (Å²) in [5.74, 6) is 1.35. The standard InChI is InChI=1S/C14H17NO5/c1-17-10-6-12(18-2)11(13(7-10)19-3)8-15-20-14(16)9-4-5-9/h6-9H,4-5H2,1-3H3. The van der Waals surface area contributed by atoms with Crippen LogP contribution >= 0.6 is 0 Å². The van der Waals surface area contributed by atoms with E-state index in [1.165, 1.54) is 20.4 Å². The first kappa shape index (κ1) is 14.2. The molecule has 0 spiro atoms. The molecule has 0 unspecified atom stereocenters. The number of ether oxygens (including phenoxy) is 3. The molecule has 0 aliphatic heterocycles. The zero-order chi connectivity index (χ0) is 14.5. The molecule has 1 saturated carbocycles. The van der Waals surface area contributed by atoms with Crippen molar-refractivity contribution in [3.63, 3.8) is 0 Å². The molecule has 6 heteroatoms. The summed E-state index contributed by atoms with van der Waals surface area (Å²) in [6.45, 7) is 0. The second-order valence-electron chi connectivity index (χ2n) is 4.36. The predicted octanol–water partition coefficient (Wildman–Crippen LogP) is 2.00. The van der Waals surface area contributed by atoms with E-state index in [2.05, 4.69) is 5.16 Å². The quantitative estimate of drug-likeness (QED) is 0.452. The smallest absolute Gasteiger partial charge is 0.338 e. The summed E-state index contributed by atoms with van der Waals surface area (Å²) in [6.07, 6.45) is 3.16. The van der Waals surface area contributed by atoms with E-state index < -0.39 is 0 Å². The lowest BCUT2D eigenvalue weighted by Gasteiger charge is -2.11. The Bertz CT molecular complexity index is 497. The van der Waals surface area contributed by atoms with E-state index in [1.54, 1.807) is 19.2 Å². The predicted molar refractivity (Wildman–Crippen MR) is 72.5 cm³/mol. The van der Waals surface area contributed by atoms with Crippen molar-refractivity contribution in [2.24, 2.45) is 11.1 Å². The summed E-state index contributed by atoms with van der Waals surface area (Å²) in [4.78, 5) is 16.2. The molecule has 0 N–H and O–H groups in total. The van der Waals surface area contributed by atoms with Crippen molar-refractivity contribution in [2.45, 2.75) is 12.8 Å². The highest BCUT2D eigenvalue weighted by atomic mass is 16.7. The van der Waals surface area contributed by atoms with Crippen molar-refractivity contribution in [3.8, 4) is 17.2 Å². The summed E-state index contributed by atoms with van der Waals surface area (Å²) < 4.78 is 15.7. The molecule has 0 radical (unpaired) electrons. The van der Waals surface area contributed by atoms with Crippen LogP contribution in [0.15, 0.2) is 17.3 Å². The van der Waals surface area contributed by atoms with Gasteiger partial charge in [-0.2, -0.15) is 0 Å². The van der Waals surface area contributed by atoms with E-state index in [9.17, 15) is 4.79 Å². The van der Waals surface area contributed by atoms with E-state index in [-0.39, 0.29) is 11.9 Å². The molecule has 6 nitrogen and oxygen atoms in total. The first-order valence-corrected chi connectivity index (χ1v) is 6.23. The fourth-order valence-corrected chi connectivity index (χ4v) is 1.68. The van der Waals surface area contributed by atoms with Crippen molar-refractivity contribution in [2.75, 3.05) is 21.3 Å². The number of nitrogens with zero attached hydrogens (tertiary/aromatic N) is 1. The molecule has 108 valence electrons. The van der Waals surface area contributed by atoms with Crippen molar-refractivity contribution in [3.05, 3.63) is 17.7 Å². The van der Waals surface area contributed by atoms with Gasteiger partial charge >= 0.3 is 5.97 Å². The molecule has 0 aromatic heterocycles. The minimum absolute atomic E-state index is 0.00630. The summed E-state index contributed by atoms with van der Waals surface area (Å²) in [6, 6.07) is 3.40. The summed E-state index contributed by atoms with van der Waals surface area (Å²) >= 11 is 0. The van der Waals surface area contributed by atoms with Gasteiger partial charge < -0.3 is 19.0 Å². The average Bonchev–Trinajstić information content (AvgIpc) is 3.31. The van der Waals surface area contributed by atoms with Crippen LogP contribution in [0.3, 0.4) is 0 Å². The number of oxime groups is 1. The van der Waals surface area contributed by atoms with Crippen LogP contribution in [0.1, 0.15) is 18.4 Å². The highest BCUT2D eigenvalue weighted by Crippen LogP contribution is 2.33. The topological polar surface area (TPSA) is 66.3 Å². The third-order valence-corrected chi connectivity index (χ3v) is 2.99. The molecule has 0 bridgehead atoms. The second kappa shape index (κ2) is 6.27. The van der Waals surface area contributed by atoms with Crippen molar-refractivity contribution < 1.29 is 23.8 Å². The molecule has 1 aliphatic carbocycles. The molecular formula is C14H17NO5. The number of benzene rings is 1. The molecule has 1 aromatic carbocycles. The Morgan fingerprint density at radius 2 is 1.75 bits per heavy atom. The monoisotopic (exact) mass is 279 g/mol. The lowest BCUT2D eigenvalue weighted by molar-refractivity contribution is -0.145. The van der Waals surface area contributed by atoms with Gasteiger partial charge in [-0.25, -0.2) is 4.79 Å². The van der Waals surface area contributed by atoms with E-state index in [1.807, 2.05) is 0 Å². The van der Waals surface area contributed by atoms with Crippen LogP contribution in [-0.2, 0) is 9.63 Å². The molecule has 0 amide bonds. The van der Waals surface area contributed by atoms with Gasteiger partial charge in [0.1, 0.15) is 17.2 Å². The fraction of sp³-hybridized carbons (Fsp3) is 0.429. The molecule has 0 saturated heterocycles. The van der Waals surface area contributed by atoms with Gasteiger partial charge in [0.2, 0.25) is 0 Å². The fourth-order valence-electron chi connectivity index (χ4n) is 1.68. The van der Waals surface area contributed by atoms with Crippen LogP contribution in [0.2, 0.25) is 0 Å². The largest absolute Gasteiger partial charge is 0.496 e. The number of hydrogen-bond acceptors (Lipinski definition) is 6. The summed E-state index contributed by atoms with van der Waals surface area (Å²) in [7, 11) is 4.61. The van der Waals surface area contributed by atoms with Crippen LogP contribution in [-0.4, -0.2) is 33.5 Å². The van der Waals surface area contributed by atoms with Gasteiger partial charge in [-0.05, 0) is 12.8 Å². The third-order valence-electron chi connectivity index (χ3n) is 2.99. The number of carbonyl (C=O) groups is 1. The van der Waals surface area contributed by atoms with Gasteiger partial charge in [0.25, 0.3) is 0 Å². The SMILES string of the molecule is COc1cc(OC)c(C=NOC(=O)C2CC2)c(OC)c1. The lowest BCUT2D eigenvalue weighted by Crippen LogP contribution is -2.03. The van der Waals surface area contributed by atoms with E-state index in [0.29, 0.717) is 22.8 Å². The zero-order valence-electron chi connectivity index (χ0n) is 11.7. The first-order valence-electron chi connectivity index (χ1n) is 6.23. The Kier molecular flexibility index (Phi) is 4.45. The number of rotatable bonds is 6. The Morgan fingerprint density at radius 1 is 1.15 bits per heavy atom. The summed E-state index contributed by atoms with van der Waals surface area (Å²) in [5.41, 5.74) is 0.583. The second-order valence-corrected chi connectivity index (χ2v) is 4.36. The van der Waals surface area contributed by atoms with Gasteiger partial charge in [0.15, 0.2) is 0 Å². The van der Waals surface area contributed by atoms with Crippen LogP contribution in [0.5, 0.6) is 17.2 Å². The number of hydrogen-bond donors (Lipinski definition) is 0. The Labute approximate surface area is 117 Å². The third kappa shape index (κ3) is 3.20. The number of methoxy groups -OCH3 is 3. The minimum atomic E-state index is -0.298. The summed E-state index contributed by atoms with van der Waals surface area (Å²) in [5, 5.41) is 3.70. The van der Waals surface area contributed by atoms with E-state index in [4.69, 9.17) is 19.0 Å². The van der Waals surface area contributed by atoms with Crippen molar-refractivity contribution >= 4 is 12.2 Å². The Hall–Kier alpha value is -2.24. The molecular weight excluding hydrogens is 262 g/mol. The maximum Gasteiger partial charge on any atom is 0.338 e. The van der Waals surface area contributed by atoms with E-state index in [0.717, 1.165) is 12.8 Å². The molecule has 2 rings (SSSR count). The van der Waals surface area contributed by atoms with Crippen LogP contribution in [0.4, 0.5) is 0 Å². The first-order chi connectivity index (χ1) is 9.69. The molecule has 0 atom stereocenters. The Morgan fingerprint density at radius 3 is 2.20 bits per heavy atom. The molecule has 0 heterocycles. The molecule has 1 fully saturated rings. The van der Waals surface area contributed by atoms with Crippen molar-refractivity contribution in [1.82, 2.24) is 0 Å². The molecule has 1 aromatic rings. The van der Waals surface area contributed by atoms with Gasteiger partial charge in [0.05, 0.1) is 39.0 Å². The van der Waals surface area contributed by atoms with Crippen LogP contribution in [0.25, 0.3) is 0 Å². The van der Waals surface area contributed by atoms with E-state index >= 15 is 0 Å². The van der Waals surface area contributed by atoms with Crippen LogP contribution < -0.4 is 14.2 Å². The van der Waals surface area contributed by atoms with Crippen molar-refractivity contribution in [1.29, 1.82) is 0 Å². The maximum atomic E-state index is 11.4. The van der Waals surface area contributed by atoms with Gasteiger partial charge in [-0.1, -0.05) is 5.16 Å². The highest BCUT2D eigenvalue weighted by molar-refractivity contribution is 5.88. The normalized spacial score (nSPS) is 14.2. The molecule has 1 aliphatic rings. The maximum absolute atomic E-state index is 11.4. The highest BCUT2D eigenvalue weighted by Gasteiger charge is 2.31. The van der Waals surface area contributed by atoms with Gasteiger partial charge in [-0.3, -0.25) is 0 Å². The number of carbonyl (C=O) groups excluding carboxylic acids is 1. The Balaban J connectivity index is 2.19. The lowest BCUT2D eigenvalue weighted by atomic mass is 10.2. The minimum Gasteiger partial charge on any atom is -0.496 e.